The lowest BCUT2D eigenvalue weighted by Crippen LogP contribution is -2.13. The van der Waals surface area contributed by atoms with E-state index in [2.05, 4.69) is 10.3 Å². The summed E-state index contributed by atoms with van der Waals surface area (Å²) in [7, 11) is 0. The summed E-state index contributed by atoms with van der Waals surface area (Å²) in [6.45, 7) is 0. The second-order valence-corrected chi connectivity index (χ2v) is 3.86. The molecule has 0 saturated heterocycles. The van der Waals surface area contributed by atoms with Gasteiger partial charge in [-0.05, 0) is 30.3 Å². The van der Waals surface area contributed by atoms with Crippen molar-refractivity contribution in [3.8, 4) is 0 Å². The monoisotopic (exact) mass is 247 g/mol. The summed E-state index contributed by atoms with van der Waals surface area (Å²) in [5, 5.41) is 3.18. The molecule has 1 amide bonds. The number of nitrogens with one attached hydrogen (secondary N) is 1. The third-order valence-electron chi connectivity index (χ3n) is 2.20. The molecular formula is C12H10ClN3O. The van der Waals surface area contributed by atoms with Crippen LogP contribution in [0.5, 0.6) is 0 Å². The number of hydrogen-bond donors (Lipinski definition) is 2. The van der Waals surface area contributed by atoms with E-state index in [0.717, 1.165) is 0 Å². The molecule has 0 bridgehead atoms. The topological polar surface area (TPSA) is 68.0 Å². The number of nitrogen functional groups attached to an aromatic ring is 1. The van der Waals surface area contributed by atoms with Gasteiger partial charge >= 0.3 is 0 Å². The van der Waals surface area contributed by atoms with Gasteiger partial charge in [-0.2, -0.15) is 0 Å². The van der Waals surface area contributed by atoms with Crippen LogP contribution in [0.4, 0.5) is 11.4 Å². The molecule has 0 unspecified atom stereocenters. The number of pyridine rings is 1. The highest BCUT2D eigenvalue weighted by Crippen LogP contribution is 2.19. The third-order valence-corrected chi connectivity index (χ3v) is 2.43. The highest BCUT2D eigenvalue weighted by atomic mass is 35.5. The average Bonchev–Trinajstić information content (AvgIpc) is 2.33. The number of carbonyl (C=O) groups is 1. The van der Waals surface area contributed by atoms with Crippen molar-refractivity contribution in [3.63, 3.8) is 0 Å². The maximum Gasteiger partial charge on any atom is 0.257 e. The lowest BCUT2D eigenvalue weighted by Gasteiger charge is -2.07. The molecule has 0 fully saturated rings. The highest BCUT2D eigenvalue weighted by Gasteiger charge is 2.10. The second kappa shape index (κ2) is 4.84. The SMILES string of the molecule is Nc1ccc(Cl)cc1C(=O)Nc1ccncc1. The fourth-order valence-corrected chi connectivity index (χ4v) is 1.53. The van der Waals surface area contributed by atoms with Crippen LogP contribution in [0, 0.1) is 0 Å². The van der Waals surface area contributed by atoms with Crippen LogP contribution < -0.4 is 11.1 Å². The molecule has 17 heavy (non-hydrogen) atoms. The van der Waals surface area contributed by atoms with E-state index in [1.54, 1.807) is 36.7 Å². The molecule has 0 aliphatic heterocycles. The van der Waals surface area contributed by atoms with Crippen LogP contribution in [0.2, 0.25) is 5.02 Å². The Hall–Kier alpha value is -2.07. The zero-order valence-corrected chi connectivity index (χ0v) is 9.61. The standard InChI is InChI=1S/C12H10ClN3O/c13-8-1-2-11(14)10(7-8)12(17)16-9-3-5-15-6-4-9/h1-7H,14H2,(H,15,16,17). The number of rotatable bonds is 2. The van der Waals surface area contributed by atoms with Crippen LogP contribution in [-0.2, 0) is 0 Å². The van der Waals surface area contributed by atoms with Gasteiger partial charge in [0.15, 0.2) is 0 Å². The molecule has 1 aromatic heterocycles. The van der Waals surface area contributed by atoms with Crippen molar-refractivity contribution in [2.45, 2.75) is 0 Å². The van der Waals surface area contributed by atoms with E-state index in [9.17, 15) is 4.79 Å². The first-order valence-corrected chi connectivity index (χ1v) is 5.31. The van der Waals surface area contributed by atoms with Crippen LogP contribution in [0.25, 0.3) is 0 Å². The molecule has 3 N–H and O–H groups in total. The maximum absolute atomic E-state index is 11.9. The molecule has 0 aliphatic carbocycles. The number of nitrogens with two attached hydrogens (primary N) is 1. The lowest BCUT2D eigenvalue weighted by molar-refractivity contribution is 0.102. The van der Waals surface area contributed by atoms with E-state index in [1.807, 2.05) is 0 Å². The fourth-order valence-electron chi connectivity index (χ4n) is 1.36. The normalized spacial score (nSPS) is 9.94. The minimum absolute atomic E-state index is 0.295. The summed E-state index contributed by atoms with van der Waals surface area (Å²) in [4.78, 5) is 15.8. The van der Waals surface area contributed by atoms with Gasteiger partial charge in [0.2, 0.25) is 0 Å². The summed E-state index contributed by atoms with van der Waals surface area (Å²) < 4.78 is 0. The van der Waals surface area contributed by atoms with Gasteiger partial charge in [0.1, 0.15) is 0 Å². The number of halogens is 1. The second-order valence-electron chi connectivity index (χ2n) is 3.42. The van der Waals surface area contributed by atoms with Gasteiger partial charge < -0.3 is 11.1 Å². The van der Waals surface area contributed by atoms with Crippen molar-refractivity contribution in [2.24, 2.45) is 0 Å². The van der Waals surface area contributed by atoms with Crippen LogP contribution in [-0.4, -0.2) is 10.9 Å². The summed E-state index contributed by atoms with van der Waals surface area (Å²) in [6.07, 6.45) is 3.19. The first kappa shape index (κ1) is 11.4. The zero-order chi connectivity index (χ0) is 12.3. The van der Waals surface area contributed by atoms with Crippen molar-refractivity contribution in [1.29, 1.82) is 0 Å². The van der Waals surface area contributed by atoms with Crippen LogP contribution in [0.1, 0.15) is 10.4 Å². The van der Waals surface area contributed by atoms with Crippen molar-refractivity contribution in [1.82, 2.24) is 4.98 Å². The molecule has 5 heteroatoms. The predicted molar refractivity (Wildman–Crippen MR) is 68.1 cm³/mol. The highest BCUT2D eigenvalue weighted by molar-refractivity contribution is 6.31. The van der Waals surface area contributed by atoms with Gasteiger partial charge in [-0.1, -0.05) is 11.6 Å². The molecular weight excluding hydrogens is 238 g/mol. The predicted octanol–water partition coefficient (Wildman–Crippen LogP) is 2.57. The largest absolute Gasteiger partial charge is 0.398 e. The van der Waals surface area contributed by atoms with E-state index >= 15 is 0 Å². The number of aromatic nitrogens is 1. The quantitative estimate of drug-likeness (QED) is 0.802. The van der Waals surface area contributed by atoms with Gasteiger partial charge in [-0.15, -0.1) is 0 Å². The molecule has 0 spiro atoms. The Kier molecular flexibility index (Phi) is 3.25. The molecule has 0 aliphatic rings. The number of hydrogen-bond acceptors (Lipinski definition) is 3. The first-order chi connectivity index (χ1) is 8.16. The molecule has 0 atom stereocenters. The minimum Gasteiger partial charge on any atom is -0.398 e. The van der Waals surface area contributed by atoms with E-state index in [0.29, 0.717) is 22.0 Å². The number of benzene rings is 1. The molecule has 1 heterocycles. The van der Waals surface area contributed by atoms with Crippen LogP contribution >= 0.6 is 11.6 Å². The van der Waals surface area contributed by atoms with Crippen molar-refractivity contribution in [3.05, 3.63) is 53.3 Å². The van der Waals surface area contributed by atoms with Crippen LogP contribution in [0.3, 0.4) is 0 Å². The minimum atomic E-state index is -0.295. The van der Waals surface area contributed by atoms with Gasteiger partial charge in [0.05, 0.1) is 5.56 Å². The summed E-state index contributed by atoms with van der Waals surface area (Å²) in [5.74, 6) is -0.295. The lowest BCUT2D eigenvalue weighted by atomic mass is 10.1. The molecule has 0 radical (unpaired) electrons. The number of nitrogens with zero attached hydrogens (tertiary/aromatic N) is 1. The number of carbonyl (C=O) groups excluding carboxylic acids is 1. The molecule has 1 aromatic carbocycles. The third kappa shape index (κ3) is 2.73. The smallest absolute Gasteiger partial charge is 0.257 e. The Bertz CT molecular complexity index is 543. The first-order valence-electron chi connectivity index (χ1n) is 4.93. The van der Waals surface area contributed by atoms with Gasteiger partial charge in [0.25, 0.3) is 5.91 Å². The summed E-state index contributed by atoms with van der Waals surface area (Å²) >= 11 is 5.82. The molecule has 0 saturated carbocycles. The summed E-state index contributed by atoms with van der Waals surface area (Å²) in [5.41, 5.74) is 7.11. The van der Waals surface area contributed by atoms with Crippen molar-refractivity contribution in [2.75, 3.05) is 11.1 Å². The number of anilines is 2. The van der Waals surface area contributed by atoms with Crippen molar-refractivity contribution >= 4 is 28.9 Å². The molecule has 86 valence electrons. The van der Waals surface area contributed by atoms with E-state index < -0.39 is 0 Å². The Morgan fingerprint density at radius 2 is 1.94 bits per heavy atom. The summed E-state index contributed by atoms with van der Waals surface area (Å²) in [6, 6.07) is 8.16. The number of amides is 1. The van der Waals surface area contributed by atoms with Crippen LogP contribution in [0.15, 0.2) is 42.7 Å². The van der Waals surface area contributed by atoms with E-state index in [-0.39, 0.29) is 5.91 Å². The Morgan fingerprint density at radius 1 is 1.24 bits per heavy atom. The zero-order valence-electron chi connectivity index (χ0n) is 8.85. The van der Waals surface area contributed by atoms with Gasteiger partial charge in [-0.3, -0.25) is 9.78 Å². The molecule has 4 nitrogen and oxygen atoms in total. The van der Waals surface area contributed by atoms with Crippen molar-refractivity contribution < 1.29 is 4.79 Å². The maximum atomic E-state index is 11.9. The average molecular weight is 248 g/mol. The Morgan fingerprint density at radius 3 is 2.65 bits per heavy atom. The van der Waals surface area contributed by atoms with Gasteiger partial charge in [-0.25, -0.2) is 0 Å². The molecule has 2 aromatic rings. The fraction of sp³-hybridized carbons (Fsp3) is 0. The Labute approximate surface area is 103 Å². The van der Waals surface area contributed by atoms with Gasteiger partial charge in [0, 0.05) is 28.8 Å². The molecule has 2 rings (SSSR count). The van der Waals surface area contributed by atoms with E-state index in [1.165, 1.54) is 6.07 Å². The Balaban J connectivity index is 2.23. The van der Waals surface area contributed by atoms with E-state index in [4.69, 9.17) is 17.3 Å².